The van der Waals surface area contributed by atoms with E-state index in [1.807, 2.05) is 19.2 Å². The van der Waals surface area contributed by atoms with Crippen LogP contribution in [0.2, 0.25) is 5.02 Å². The number of carbonyl (C=O) groups excluding carboxylic acids is 1. The second-order valence-corrected chi connectivity index (χ2v) is 5.46. The molecule has 1 atom stereocenters. The Balaban J connectivity index is 0.00000121. The van der Waals surface area contributed by atoms with Crippen molar-refractivity contribution in [2.24, 2.45) is 0 Å². The van der Waals surface area contributed by atoms with E-state index in [9.17, 15) is 4.79 Å². The summed E-state index contributed by atoms with van der Waals surface area (Å²) in [4.78, 5) is 18.8. The molecule has 1 saturated heterocycles. The second kappa shape index (κ2) is 7.97. The lowest BCUT2D eigenvalue weighted by molar-refractivity contribution is 0.0745. The molecule has 1 aromatic heterocycles. The molecule has 120 valence electrons. The van der Waals surface area contributed by atoms with Gasteiger partial charge in [0.15, 0.2) is 0 Å². The van der Waals surface area contributed by atoms with Crippen LogP contribution in [-0.4, -0.2) is 42.0 Å². The average Bonchev–Trinajstić information content (AvgIpc) is 3.01. The Morgan fingerprint density at radius 2 is 2.14 bits per heavy atom. The third kappa shape index (κ3) is 3.46. The van der Waals surface area contributed by atoms with Gasteiger partial charge in [0.2, 0.25) is 0 Å². The molecule has 0 spiro atoms. The molecule has 22 heavy (non-hydrogen) atoms. The van der Waals surface area contributed by atoms with Crippen molar-refractivity contribution >= 4 is 53.2 Å². The standard InChI is InChI=1S/C15H16ClN3O.2ClH/c1-19(10-6-8-17-9-10)15(20)12-4-5-13(16)11-3-2-7-18-14(11)12;;/h2-5,7,10,17H,6,8-9H2,1H3;2*1H. The monoisotopic (exact) mass is 361 g/mol. The molecular formula is C15H18Cl3N3O. The summed E-state index contributed by atoms with van der Waals surface area (Å²) >= 11 is 6.17. The quantitative estimate of drug-likeness (QED) is 0.892. The van der Waals surface area contributed by atoms with Crippen LogP contribution in [0.4, 0.5) is 0 Å². The smallest absolute Gasteiger partial charge is 0.256 e. The first-order chi connectivity index (χ1) is 9.68. The number of nitrogens with zero attached hydrogens (tertiary/aromatic N) is 2. The molecule has 7 heteroatoms. The molecule has 1 fully saturated rings. The molecule has 0 saturated carbocycles. The van der Waals surface area contributed by atoms with Crippen LogP contribution in [-0.2, 0) is 0 Å². The molecule has 2 heterocycles. The maximum absolute atomic E-state index is 12.7. The number of rotatable bonds is 2. The van der Waals surface area contributed by atoms with Gasteiger partial charge in [-0.1, -0.05) is 11.6 Å². The number of pyridine rings is 1. The molecule has 0 radical (unpaired) electrons. The first kappa shape index (κ1) is 19.0. The fourth-order valence-corrected chi connectivity index (χ4v) is 2.85. The van der Waals surface area contributed by atoms with E-state index in [0.29, 0.717) is 16.1 Å². The zero-order valence-electron chi connectivity index (χ0n) is 12.1. The molecule has 4 nitrogen and oxygen atoms in total. The number of aromatic nitrogens is 1. The zero-order chi connectivity index (χ0) is 14.1. The Morgan fingerprint density at radius 3 is 2.82 bits per heavy atom. The summed E-state index contributed by atoms with van der Waals surface area (Å²) in [5.74, 6) is -0.000864. The largest absolute Gasteiger partial charge is 0.337 e. The van der Waals surface area contributed by atoms with Crippen LogP contribution in [0.15, 0.2) is 30.5 Å². The van der Waals surface area contributed by atoms with Crippen LogP contribution in [0.25, 0.3) is 10.9 Å². The Hall–Kier alpha value is -1.07. The highest BCUT2D eigenvalue weighted by Crippen LogP contribution is 2.26. The van der Waals surface area contributed by atoms with Crippen molar-refractivity contribution < 1.29 is 4.79 Å². The van der Waals surface area contributed by atoms with E-state index in [0.717, 1.165) is 24.9 Å². The van der Waals surface area contributed by atoms with Crippen molar-refractivity contribution in [3.63, 3.8) is 0 Å². The van der Waals surface area contributed by atoms with Crippen molar-refractivity contribution in [2.45, 2.75) is 12.5 Å². The van der Waals surface area contributed by atoms with Gasteiger partial charge in [-0.05, 0) is 37.2 Å². The van der Waals surface area contributed by atoms with Gasteiger partial charge in [0.1, 0.15) is 0 Å². The SMILES string of the molecule is CN(C(=O)c1ccc(Cl)c2cccnc12)C1CCNC1.Cl.Cl. The van der Waals surface area contributed by atoms with Gasteiger partial charge in [-0.25, -0.2) is 0 Å². The highest BCUT2D eigenvalue weighted by atomic mass is 35.5. The predicted octanol–water partition coefficient (Wildman–Crippen LogP) is 3.17. The minimum absolute atomic E-state index is 0. The highest BCUT2D eigenvalue weighted by Gasteiger charge is 2.25. The number of hydrogen-bond donors (Lipinski definition) is 1. The van der Waals surface area contributed by atoms with Gasteiger partial charge in [-0.2, -0.15) is 0 Å². The third-order valence-electron chi connectivity index (χ3n) is 3.85. The maximum Gasteiger partial charge on any atom is 0.256 e. The number of likely N-dealkylation sites (N-methyl/N-ethyl adjacent to an activating group) is 1. The van der Waals surface area contributed by atoms with Crippen molar-refractivity contribution in [1.29, 1.82) is 0 Å². The highest BCUT2D eigenvalue weighted by molar-refractivity contribution is 6.36. The second-order valence-electron chi connectivity index (χ2n) is 5.06. The van der Waals surface area contributed by atoms with Crippen LogP contribution in [0, 0.1) is 0 Å². The fraction of sp³-hybridized carbons (Fsp3) is 0.333. The first-order valence-electron chi connectivity index (χ1n) is 6.69. The van der Waals surface area contributed by atoms with Gasteiger partial charge >= 0.3 is 0 Å². The molecule has 0 aliphatic carbocycles. The third-order valence-corrected chi connectivity index (χ3v) is 4.18. The molecule has 0 bridgehead atoms. The average molecular weight is 363 g/mol. The van der Waals surface area contributed by atoms with Gasteiger partial charge in [0.25, 0.3) is 5.91 Å². The molecule has 1 aliphatic rings. The topological polar surface area (TPSA) is 45.2 Å². The predicted molar refractivity (Wildman–Crippen MR) is 94.6 cm³/mol. The van der Waals surface area contributed by atoms with Gasteiger partial charge in [-0.3, -0.25) is 9.78 Å². The maximum atomic E-state index is 12.7. The van der Waals surface area contributed by atoms with Gasteiger partial charge < -0.3 is 10.2 Å². The van der Waals surface area contributed by atoms with Crippen LogP contribution in [0.3, 0.4) is 0 Å². The molecule has 1 aliphatic heterocycles. The van der Waals surface area contributed by atoms with Crippen molar-refractivity contribution in [2.75, 3.05) is 20.1 Å². The summed E-state index contributed by atoms with van der Waals surface area (Å²) in [5, 5.41) is 4.71. The fourth-order valence-electron chi connectivity index (χ4n) is 2.64. The lowest BCUT2D eigenvalue weighted by atomic mass is 10.1. The van der Waals surface area contributed by atoms with Crippen molar-refractivity contribution in [3.05, 3.63) is 41.0 Å². The number of hydrogen-bond acceptors (Lipinski definition) is 3. The summed E-state index contributed by atoms with van der Waals surface area (Å²) in [6.07, 6.45) is 2.67. The van der Waals surface area contributed by atoms with E-state index >= 15 is 0 Å². The molecule has 1 amide bonds. The summed E-state index contributed by atoms with van der Waals surface area (Å²) in [6.45, 7) is 1.81. The zero-order valence-corrected chi connectivity index (χ0v) is 14.5. The number of carbonyl (C=O) groups is 1. The minimum atomic E-state index is -0.000864. The van der Waals surface area contributed by atoms with Crippen molar-refractivity contribution in [1.82, 2.24) is 15.2 Å². The van der Waals surface area contributed by atoms with E-state index in [1.165, 1.54) is 0 Å². The number of nitrogens with one attached hydrogen (secondary N) is 1. The van der Waals surface area contributed by atoms with Crippen LogP contribution in [0.5, 0.6) is 0 Å². The molecule has 1 aromatic carbocycles. The van der Waals surface area contributed by atoms with E-state index < -0.39 is 0 Å². The summed E-state index contributed by atoms with van der Waals surface area (Å²) < 4.78 is 0. The van der Waals surface area contributed by atoms with E-state index in [4.69, 9.17) is 11.6 Å². The van der Waals surface area contributed by atoms with E-state index in [1.54, 1.807) is 23.2 Å². The van der Waals surface area contributed by atoms with Gasteiger partial charge in [0.05, 0.1) is 16.1 Å². The number of amides is 1. The van der Waals surface area contributed by atoms with Gasteiger partial charge in [-0.15, -0.1) is 24.8 Å². The molecule has 3 rings (SSSR count). The Kier molecular flexibility index (Phi) is 6.88. The normalized spacial score (nSPS) is 16.7. The van der Waals surface area contributed by atoms with Crippen LogP contribution >= 0.6 is 36.4 Å². The first-order valence-corrected chi connectivity index (χ1v) is 7.07. The number of benzene rings is 1. The van der Waals surface area contributed by atoms with Gasteiger partial charge in [0, 0.05) is 31.2 Å². The summed E-state index contributed by atoms with van der Waals surface area (Å²) in [6, 6.07) is 7.49. The molecule has 2 aromatic rings. The molecular weight excluding hydrogens is 345 g/mol. The lowest BCUT2D eigenvalue weighted by Crippen LogP contribution is -2.38. The Labute approximate surface area is 147 Å². The Morgan fingerprint density at radius 1 is 1.36 bits per heavy atom. The minimum Gasteiger partial charge on any atom is -0.337 e. The van der Waals surface area contributed by atoms with Crippen LogP contribution < -0.4 is 5.32 Å². The lowest BCUT2D eigenvalue weighted by Gasteiger charge is -2.24. The summed E-state index contributed by atoms with van der Waals surface area (Å²) in [7, 11) is 1.85. The number of halogens is 3. The van der Waals surface area contributed by atoms with Crippen molar-refractivity contribution in [3.8, 4) is 0 Å². The molecule has 1 N–H and O–H groups in total. The Bertz CT molecular complexity index is 660. The number of fused-ring (bicyclic) bond motifs is 1. The van der Waals surface area contributed by atoms with Crippen LogP contribution in [0.1, 0.15) is 16.8 Å². The van der Waals surface area contributed by atoms with E-state index in [2.05, 4.69) is 10.3 Å². The summed E-state index contributed by atoms with van der Waals surface area (Å²) in [5.41, 5.74) is 1.28. The van der Waals surface area contributed by atoms with E-state index in [-0.39, 0.29) is 36.8 Å². The molecule has 1 unspecified atom stereocenters.